The van der Waals surface area contributed by atoms with Crippen molar-refractivity contribution in [1.29, 1.82) is 0 Å². The smallest absolute Gasteiger partial charge is 0.236 e. The summed E-state index contributed by atoms with van der Waals surface area (Å²) in [5.41, 5.74) is 1.80. The maximum Gasteiger partial charge on any atom is 0.236 e. The monoisotopic (exact) mass is 415 g/mol. The molecule has 0 unspecified atom stereocenters. The molecule has 0 saturated carbocycles. The van der Waals surface area contributed by atoms with Gasteiger partial charge in [0.1, 0.15) is 0 Å². The number of halogens is 1. The fourth-order valence-corrected chi connectivity index (χ4v) is 4.22. The summed E-state index contributed by atoms with van der Waals surface area (Å²) in [7, 11) is 1.87. The van der Waals surface area contributed by atoms with Crippen molar-refractivity contribution in [1.82, 2.24) is 19.7 Å². The average molecular weight is 416 g/mol. The van der Waals surface area contributed by atoms with Gasteiger partial charge in [0.15, 0.2) is 16.1 Å². The number of para-hydroxylation sites is 1. The normalized spacial score (nSPS) is 11.0. The van der Waals surface area contributed by atoms with Crippen LogP contribution in [0.5, 0.6) is 0 Å². The van der Waals surface area contributed by atoms with Gasteiger partial charge in [-0.2, -0.15) is 0 Å². The van der Waals surface area contributed by atoms with Gasteiger partial charge >= 0.3 is 0 Å². The fourth-order valence-electron chi connectivity index (χ4n) is 2.50. The second kappa shape index (κ2) is 7.67. The number of carbonyl (C=O) groups excluding carboxylic acids is 1. The van der Waals surface area contributed by atoms with Gasteiger partial charge in [0.2, 0.25) is 5.91 Å². The van der Waals surface area contributed by atoms with Crippen LogP contribution in [0.2, 0.25) is 5.02 Å². The molecule has 1 N–H and O–H groups in total. The fraction of sp³-hybridized carbons (Fsp3) is 0.111. The van der Waals surface area contributed by atoms with E-state index in [0.29, 0.717) is 15.3 Å². The van der Waals surface area contributed by atoms with Crippen LogP contribution in [-0.2, 0) is 11.8 Å². The third-order valence-electron chi connectivity index (χ3n) is 3.81. The summed E-state index contributed by atoms with van der Waals surface area (Å²) in [4.78, 5) is 16.7. The van der Waals surface area contributed by atoms with Crippen LogP contribution in [0.3, 0.4) is 0 Å². The van der Waals surface area contributed by atoms with Gasteiger partial charge in [-0.3, -0.25) is 4.79 Å². The molecule has 0 radical (unpaired) electrons. The van der Waals surface area contributed by atoms with Crippen molar-refractivity contribution in [3.8, 4) is 11.4 Å². The lowest BCUT2D eigenvalue weighted by Crippen LogP contribution is -2.14. The van der Waals surface area contributed by atoms with Crippen LogP contribution < -0.4 is 5.32 Å². The van der Waals surface area contributed by atoms with Gasteiger partial charge in [0.25, 0.3) is 0 Å². The van der Waals surface area contributed by atoms with Gasteiger partial charge in [0, 0.05) is 17.6 Å². The Hall–Kier alpha value is -2.42. The first-order valence-electron chi connectivity index (χ1n) is 8.04. The number of anilines is 1. The van der Waals surface area contributed by atoms with E-state index >= 15 is 0 Å². The molecule has 9 heteroatoms. The Morgan fingerprint density at radius 2 is 1.96 bits per heavy atom. The van der Waals surface area contributed by atoms with Crippen molar-refractivity contribution in [2.75, 3.05) is 11.1 Å². The molecule has 2 aromatic heterocycles. The number of thiazole rings is 1. The first-order valence-corrected chi connectivity index (χ1v) is 10.2. The van der Waals surface area contributed by atoms with Crippen LogP contribution in [-0.4, -0.2) is 31.4 Å². The van der Waals surface area contributed by atoms with Crippen LogP contribution in [0.4, 0.5) is 5.13 Å². The van der Waals surface area contributed by atoms with E-state index in [-0.39, 0.29) is 11.7 Å². The van der Waals surface area contributed by atoms with Crippen LogP contribution in [0.25, 0.3) is 21.6 Å². The molecule has 1 amide bonds. The van der Waals surface area contributed by atoms with E-state index in [9.17, 15) is 4.79 Å². The van der Waals surface area contributed by atoms with Gasteiger partial charge in [0.05, 0.1) is 16.0 Å². The molecule has 4 aromatic rings. The standard InChI is InChI=1S/C18H14ClN5OS2/c1-24-16(11-6-8-12(19)9-7-11)22-23-18(24)26-10-15(25)21-17-20-13-4-2-3-5-14(13)27-17/h2-9H,10H2,1H3,(H,20,21,25). The molecular weight excluding hydrogens is 402 g/mol. The van der Waals surface area contributed by atoms with Gasteiger partial charge in [-0.25, -0.2) is 4.98 Å². The molecule has 2 aromatic carbocycles. The largest absolute Gasteiger partial charge is 0.305 e. The molecule has 0 atom stereocenters. The Balaban J connectivity index is 1.41. The molecule has 0 spiro atoms. The molecule has 0 aliphatic carbocycles. The highest BCUT2D eigenvalue weighted by atomic mass is 35.5. The second-order valence-electron chi connectivity index (χ2n) is 5.70. The zero-order chi connectivity index (χ0) is 18.8. The molecule has 0 bridgehead atoms. The number of fused-ring (bicyclic) bond motifs is 1. The number of nitrogens with one attached hydrogen (secondary N) is 1. The molecule has 0 aliphatic rings. The highest BCUT2D eigenvalue weighted by molar-refractivity contribution is 7.99. The minimum absolute atomic E-state index is 0.130. The Morgan fingerprint density at radius 3 is 2.74 bits per heavy atom. The van der Waals surface area contributed by atoms with E-state index in [0.717, 1.165) is 21.6 Å². The Bertz CT molecular complexity index is 1070. The van der Waals surface area contributed by atoms with Crippen LogP contribution in [0, 0.1) is 0 Å². The molecular formula is C18H14ClN5OS2. The molecule has 27 heavy (non-hydrogen) atoms. The maximum absolute atomic E-state index is 12.3. The Kier molecular flexibility index (Phi) is 5.11. The van der Waals surface area contributed by atoms with Gasteiger partial charge in [-0.05, 0) is 36.4 Å². The van der Waals surface area contributed by atoms with E-state index in [1.807, 2.05) is 60.1 Å². The van der Waals surface area contributed by atoms with Gasteiger partial charge in [-0.15, -0.1) is 10.2 Å². The number of nitrogens with zero attached hydrogens (tertiary/aromatic N) is 4. The zero-order valence-corrected chi connectivity index (χ0v) is 16.6. The lowest BCUT2D eigenvalue weighted by Gasteiger charge is -2.04. The van der Waals surface area contributed by atoms with Gasteiger partial charge < -0.3 is 9.88 Å². The highest BCUT2D eigenvalue weighted by Crippen LogP contribution is 2.26. The number of amides is 1. The van der Waals surface area contributed by atoms with Crippen molar-refractivity contribution >= 4 is 56.0 Å². The lowest BCUT2D eigenvalue weighted by atomic mass is 10.2. The van der Waals surface area contributed by atoms with Gasteiger partial charge in [-0.1, -0.05) is 46.8 Å². The number of aromatic nitrogens is 4. The van der Waals surface area contributed by atoms with Crippen LogP contribution in [0.15, 0.2) is 53.7 Å². The van der Waals surface area contributed by atoms with E-state index < -0.39 is 0 Å². The van der Waals surface area contributed by atoms with Crippen molar-refractivity contribution in [2.45, 2.75) is 5.16 Å². The minimum atomic E-state index is -0.130. The number of hydrogen-bond acceptors (Lipinski definition) is 6. The third-order valence-corrected chi connectivity index (χ3v) is 6.03. The topological polar surface area (TPSA) is 72.7 Å². The molecule has 2 heterocycles. The number of rotatable bonds is 5. The van der Waals surface area contributed by atoms with Crippen LogP contribution in [0.1, 0.15) is 0 Å². The van der Waals surface area contributed by atoms with E-state index in [2.05, 4.69) is 20.5 Å². The highest BCUT2D eigenvalue weighted by Gasteiger charge is 2.14. The van der Waals surface area contributed by atoms with E-state index in [1.165, 1.54) is 23.1 Å². The van der Waals surface area contributed by atoms with Crippen molar-refractivity contribution in [2.24, 2.45) is 7.05 Å². The third kappa shape index (κ3) is 3.97. The summed E-state index contributed by atoms with van der Waals surface area (Å²) in [6, 6.07) is 15.2. The Labute approximate surface area is 168 Å². The SMILES string of the molecule is Cn1c(SCC(=O)Nc2nc3ccccc3s2)nnc1-c1ccc(Cl)cc1. The number of carbonyl (C=O) groups is 1. The number of benzene rings is 2. The molecule has 6 nitrogen and oxygen atoms in total. The summed E-state index contributed by atoms with van der Waals surface area (Å²) in [6.07, 6.45) is 0. The number of hydrogen-bond donors (Lipinski definition) is 1. The quantitative estimate of drug-likeness (QED) is 0.486. The summed E-state index contributed by atoms with van der Waals surface area (Å²) in [5, 5.41) is 13.2. The molecule has 4 rings (SSSR count). The second-order valence-corrected chi connectivity index (χ2v) is 8.11. The first kappa shape index (κ1) is 18.0. The zero-order valence-electron chi connectivity index (χ0n) is 14.2. The summed E-state index contributed by atoms with van der Waals surface area (Å²) < 4.78 is 2.90. The molecule has 0 fully saturated rings. The van der Waals surface area contributed by atoms with E-state index in [4.69, 9.17) is 11.6 Å². The summed E-state index contributed by atoms with van der Waals surface area (Å²) >= 11 is 8.71. The van der Waals surface area contributed by atoms with Crippen molar-refractivity contribution in [3.05, 3.63) is 53.6 Å². The molecule has 136 valence electrons. The van der Waals surface area contributed by atoms with Crippen molar-refractivity contribution in [3.63, 3.8) is 0 Å². The van der Waals surface area contributed by atoms with E-state index in [1.54, 1.807) is 0 Å². The predicted octanol–water partition coefficient (Wildman–Crippen LogP) is 4.48. The predicted molar refractivity (Wildman–Crippen MR) is 110 cm³/mol. The average Bonchev–Trinajstić information content (AvgIpc) is 3.23. The first-order chi connectivity index (χ1) is 13.1. The molecule has 0 aliphatic heterocycles. The maximum atomic E-state index is 12.3. The molecule has 0 saturated heterocycles. The van der Waals surface area contributed by atoms with Crippen LogP contribution >= 0.6 is 34.7 Å². The number of thioether (sulfide) groups is 1. The summed E-state index contributed by atoms with van der Waals surface area (Å²) in [6.45, 7) is 0. The summed E-state index contributed by atoms with van der Waals surface area (Å²) in [5.74, 6) is 0.818. The van der Waals surface area contributed by atoms with Crippen molar-refractivity contribution < 1.29 is 4.79 Å². The lowest BCUT2D eigenvalue weighted by molar-refractivity contribution is -0.113. The Morgan fingerprint density at radius 1 is 1.19 bits per heavy atom. The minimum Gasteiger partial charge on any atom is -0.305 e.